The molecule has 2 rings (SSSR count). The molecule has 0 radical (unpaired) electrons. The average Bonchev–Trinajstić information content (AvgIpc) is 2.78. The molecule has 1 heterocycles. The number of carbonyl (C=O) groups is 1. The van der Waals surface area contributed by atoms with E-state index in [0.29, 0.717) is 10.6 Å². The molecule has 1 aromatic heterocycles. The molecule has 1 atom stereocenters. The number of hydrogen-bond acceptors (Lipinski definition) is 3. The second kappa shape index (κ2) is 5.03. The van der Waals surface area contributed by atoms with Gasteiger partial charge in [0.05, 0.1) is 6.07 Å². The van der Waals surface area contributed by atoms with Gasteiger partial charge in [0.2, 0.25) is 5.78 Å². The van der Waals surface area contributed by atoms with Gasteiger partial charge in [-0.3, -0.25) is 4.79 Å². The molecule has 0 aliphatic carbocycles. The Balaban J connectivity index is 2.43. The molecule has 4 nitrogen and oxygen atoms in total. The summed E-state index contributed by atoms with van der Waals surface area (Å²) in [4.78, 5) is 16.2. The molecular weight excluding hydrogens is 250 g/mol. The molecular formula is C13H10ClN3O. The van der Waals surface area contributed by atoms with Crippen molar-refractivity contribution in [3.63, 3.8) is 0 Å². The smallest absolute Gasteiger partial charge is 0.219 e. The molecule has 0 spiro atoms. The highest BCUT2D eigenvalue weighted by Crippen LogP contribution is 2.26. The van der Waals surface area contributed by atoms with Gasteiger partial charge in [-0.2, -0.15) is 5.26 Å². The van der Waals surface area contributed by atoms with E-state index >= 15 is 0 Å². The van der Waals surface area contributed by atoms with Gasteiger partial charge in [-0.25, -0.2) is 4.98 Å². The predicted molar refractivity (Wildman–Crippen MR) is 67.3 cm³/mol. The Bertz CT molecular complexity index is 627. The van der Waals surface area contributed by atoms with Crippen LogP contribution in [0.4, 0.5) is 0 Å². The summed E-state index contributed by atoms with van der Waals surface area (Å²) in [6.07, 6.45) is 3.18. The number of rotatable bonds is 3. The number of carbonyl (C=O) groups excluding carboxylic acids is 1. The first-order valence-electron chi connectivity index (χ1n) is 5.30. The van der Waals surface area contributed by atoms with Gasteiger partial charge in [0.15, 0.2) is 5.82 Å². The molecule has 0 bridgehead atoms. The van der Waals surface area contributed by atoms with Gasteiger partial charge in [0.1, 0.15) is 5.92 Å². The Labute approximate surface area is 109 Å². The van der Waals surface area contributed by atoms with Crippen molar-refractivity contribution in [3.8, 4) is 6.07 Å². The Morgan fingerprint density at radius 1 is 1.50 bits per heavy atom. The number of hydrogen-bond donors (Lipinski definition) is 0. The van der Waals surface area contributed by atoms with Crippen molar-refractivity contribution in [1.82, 2.24) is 9.55 Å². The molecule has 0 N–H and O–H groups in total. The number of imidazole rings is 1. The van der Waals surface area contributed by atoms with E-state index in [1.165, 1.54) is 6.20 Å². The predicted octanol–water partition coefficient (Wildman–Crippen LogP) is 2.56. The lowest BCUT2D eigenvalue weighted by Crippen LogP contribution is -2.16. The quantitative estimate of drug-likeness (QED) is 0.796. The first-order valence-corrected chi connectivity index (χ1v) is 5.68. The van der Waals surface area contributed by atoms with Crippen LogP contribution in [0.3, 0.4) is 0 Å². The summed E-state index contributed by atoms with van der Waals surface area (Å²) >= 11 is 6.01. The highest BCUT2D eigenvalue weighted by Gasteiger charge is 2.26. The van der Waals surface area contributed by atoms with E-state index in [-0.39, 0.29) is 11.6 Å². The fraction of sp³-hybridized carbons (Fsp3) is 0.154. The van der Waals surface area contributed by atoms with Crippen molar-refractivity contribution >= 4 is 17.4 Å². The van der Waals surface area contributed by atoms with Gasteiger partial charge in [-0.05, 0) is 11.6 Å². The summed E-state index contributed by atoms with van der Waals surface area (Å²) in [5, 5.41) is 9.61. The van der Waals surface area contributed by atoms with Crippen molar-refractivity contribution in [2.24, 2.45) is 7.05 Å². The third kappa shape index (κ3) is 2.13. The van der Waals surface area contributed by atoms with Crippen LogP contribution in [0.1, 0.15) is 22.1 Å². The van der Waals surface area contributed by atoms with E-state index in [0.717, 1.165) is 0 Å². The van der Waals surface area contributed by atoms with Gasteiger partial charge in [-0.1, -0.05) is 29.8 Å². The summed E-state index contributed by atoms with van der Waals surface area (Å²) in [6, 6.07) is 8.83. The van der Waals surface area contributed by atoms with Gasteiger partial charge in [-0.15, -0.1) is 0 Å². The van der Waals surface area contributed by atoms with Crippen molar-refractivity contribution in [2.75, 3.05) is 0 Å². The molecule has 18 heavy (non-hydrogen) atoms. The average molecular weight is 260 g/mol. The van der Waals surface area contributed by atoms with Gasteiger partial charge < -0.3 is 4.57 Å². The normalized spacial score (nSPS) is 11.8. The Hall–Kier alpha value is -2.12. The zero-order chi connectivity index (χ0) is 13.1. The van der Waals surface area contributed by atoms with Crippen molar-refractivity contribution in [1.29, 1.82) is 5.26 Å². The van der Waals surface area contributed by atoms with Crippen LogP contribution in [0.2, 0.25) is 5.02 Å². The van der Waals surface area contributed by atoms with Crippen LogP contribution in [0.5, 0.6) is 0 Å². The summed E-state index contributed by atoms with van der Waals surface area (Å²) in [6.45, 7) is 0. The van der Waals surface area contributed by atoms with Crippen molar-refractivity contribution < 1.29 is 4.79 Å². The molecule has 0 saturated carbocycles. The van der Waals surface area contributed by atoms with Crippen LogP contribution in [-0.2, 0) is 7.05 Å². The number of nitriles is 1. The fourth-order valence-corrected chi connectivity index (χ4v) is 1.96. The third-order valence-corrected chi connectivity index (χ3v) is 2.99. The Morgan fingerprint density at radius 2 is 2.22 bits per heavy atom. The van der Waals surface area contributed by atoms with Crippen LogP contribution in [-0.4, -0.2) is 15.3 Å². The molecule has 5 heteroatoms. The summed E-state index contributed by atoms with van der Waals surface area (Å²) in [5.41, 5.74) is 0.509. The zero-order valence-corrected chi connectivity index (χ0v) is 10.4. The van der Waals surface area contributed by atoms with Gasteiger partial charge in [0, 0.05) is 24.5 Å². The summed E-state index contributed by atoms with van der Waals surface area (Å²) < 4.78 is 1.59. The lowest BCUT2D eigenvalue weighted by atomic mass is 9.95. The van der Waals surface area contributed by atoms with Crippen LogP contribution in [0, 0.1) is 11.3 Å². The van der Waals surface area contributed by atoms with E-state index < -0.39 is 5.92 Å². The van der Waals surface area contributed by atoms with E-state index in [1.54, 1.807) is 42.1 Å². The van der Waals surface area contributed by atoms with E-state index in [9.17, 15) is 10.1 Å². The number of benzene rings is 1. The zero-order valence-electron chi connectivity index (χ0n) is 9.67. The minimum atomic E-state index is -0.931. The van der Waals surface area contributed by atoms with Crippen LogP contribution >= 0.6 is 11.6 Å². The molecule has 0 fully saturated rings. The number of aromatic nitrogens is 2. The van der Waals surface area contributed by atoms with Crippen molar-refractivity contribution in [3.05, 3.63) is 53.1 Å². The Morgan fingerprint density at radius 3 is 2.78 bits per heavy atom. The third-order valence-electron chi connectivity index (χ3n) is 2.65. The lowest BCUT2D eigenvalue weighted by molar-refractivity contribution is 0.0966. The van der Waals surface area contributed by atoms with Crippen LogP contribution in [0.15, 0.2) is 36.7 Å². The topological polar surface area (TPSA) is 58.7 Å². The molecule has 0 saturated heterocycles. The highest BCUT2D eigenvalue weighted by atomic mass is 35.5. The van der Waals surface area contributed by atoms with Crippen LogP contribution in [0.25, 0.3) is 0 Å². The molecule has 90 valence electrons. The van der Waals surface area contributed by atoms with Gasteiger partial charge in [0.25, 0.3) is 0 Å². The second-order valence-electron chi connectivity index (χ2n) is 3.81. The number of aryl methyl sites for hydroxylation is 1. The number of nitrogens with zero attached hydrogens (tertiary/aromatic N) is 3. The van der Waals surface area contributed by atoms with Crippen molar-refractivity contribution in [2.45, 2.75) is 5.92 Å². The van der Waals surface area contributed by atoms with E-state index in [2.05, 4.69) is 4.98 Å². The minimum Gasteiger partial charge on any atom is -0.332 e. The maximum absolute atomic E-state index is 12.2. The van der Waals surface area contributed by atoms with Crippen LogP contribution < -0.4 is 0 Å². The first-order chi connectivity index (χ1) is 8.65. The Kier molecular flexibility index (Phi) is 3.45. The maximum atomic E-state index is 12.2. The summed E-state index contributed by atoms with van der Waals surface area (Å²) in [7, 11) is 1.71. The molecule has 1 unspecified atom stereocenters. The monoisotopic (exact) mass is 259 g/mol. The molecule has 0 amide bonds. The fourth-order valence-electron chi connectivity index (χ4n) is 1.71. The largest absolute Gasteiger partial charge is 0.332 e. The lowest BCUT2D eigenvalue weighted by Gasteiger charge is -2.09. The SMILES string of the molecule is Cn1ccnc1C(=O)C(C#N)c1ccccc1Cl. The highest BCUT2D eigenvalue weighted by molar-refractivity contribution is 6.31. The molecule has 0 aliphatic heterocycles. The number of halogens is 1. The number of Topliss-reactive ketones (excluding diaryl/α,β-unsaturated/α-hetero) is 1. The minimum absolute atomic E-state index is 0.251. The van der Waals surface area contributed by atoms with Gasteiger partial charge >= 0.3 is 0 Å². The van der Waals surface area contributed by atoms with E-state index in [4.69, 9.17) is 11.6 Å². The second-order valence-corrected chi connectivity index (χ2v) is 4.22. The molecule has 1 aromatic carbocycles. The number of ketones is 1. The molecule has 2 aromatic rings. The summed E-state index contributed by atoms with van der Waals surface area (Å²) in [5.74, 6) is -1.03. The molecule has 0 aliphatic rings. The van der Waals surface area contributed by atoms with E-state index in [1.807, 2.05) is 6.07 Å². The maximum Gasteiger partial charge on any atom is 0.219 e. The standard InChI is InChI=1S/C13H10ClN3O/c1-17-7-6-16-13(17)12(18)10(8-15)9-4-2-3-5-11(9)14/h2-7,10H,1H3. The first kappa shape index (κ1) is 12.3.